The highest BCUT2D eigenvalue weighted by Crippen LogP contribution is 2.23. The zero-order chi connectivity index (χ0) is 22.5. The molecule has 0 spiro atoms. The van der Waals surface area contributed by atoms with Crippen LogP contribution in [0.2, 0.25) is 0 Å². The van der Waals surface area contributed by atoms with E-state index < -0.39 is 10.0 Å². The largest absolute Gasteiger partial charge is 0.348 e. The van der Waals surface area contributed by atoms with Gasteiger partial charge in [0.05, 0.1) is 4.90 Å². The molecule has 1 amide bonds. The maximum atomic E-state index is 12.6. The molecule has 162 valence electrons. The molecular weight excluding hydrogens is 410 g/mol. The Bertz CT molecular complexity index is 1120. The molecule has 0 unspecified atom stereocenters. The number of hydrogen-bond donors (Lipinski definition) is 2. The van der Waals surface area contributed by atoms with Gasteiger partial charge in [-0.3, -0.25) is 9.78 Å². The predicted molar refractivity (Wildman–Crippen MR) is 121 cm³/mol. The van der Waals surface area contributed by atoms with E-state index in [4.69, 9.17) is 0 Å². The summed E-state index contributed by atoms with van der Waals surface area (Å²) >= 11 is 0. The topological polar surface area (TPSA) is 88.2 Å². The van der Waals surface area contributed by atoms with Crippen molar-refractivity contribution in [3.05, 3.63) is 95.3 Å². The van der Waals surface area contributed by atoms with Gasteiger partial charge in [0, 0.05) is 31.0 Å². The lowest BCUT2D eigenvalue weighted by Crippen LogP contribution is -2.24. The van der Waals surface area contributed by atoms with Crippen LogP contribution in [0.5, 0.6) is 0 Å². The highest BCUT2D eigenvalue weighted by Gasteiger charge is 2.17. The quantitative estimate of drug-likeness (QED) is 0.589. The van der Waals surface area contributed by atoms with Crippen molar-refractivity contribution in [2.24, 2.45) is 0 Å². The highest BCUT2D eigenvalue weighted by atomic mass is 32.2. The number of sulfonamides is 1. The second-order valence-electron chi connectivity index (χ2n) is 8.34. The van der Waals surface area contributed by atoms with Crippen molar-refractivity contribution in [1.82, 2.24) is 15.0 Å². The number of nitrogens with one attached hydrogen (secondary N) is 2. The molecule has 3 aromatic rings. The van der Waals surface area contributed by atoms with E-state index in [1.54, 1.807) is 48.8 Å². The molecule has 1 heterocycles. The van der Waals surface area contributed by atoms with E-state index in [1.807, 2.05) is 24.3 Å². The molecule has 2 aromatic carbocycles. The van der Waals surface area contributed by atoms with E-state index in [0.29, 0.717) is 12.1 Å². The number of amides is 1. The number of carbonyl (C=O) groups is 1. The van der Waals surface area contributed by atoms with Gasteiger partial charge in [0.1, 0.15) is 0 Å². The van der Waals surface area contributed by atoms with Crippen LogP contribution in [0, 0.1) is 0 Å². The summed E-state index contributed by atoms with van der Waals surface area (Å²) in [5.74, 6) is -0.199. The average molecular weight is 438 g/mol. The van der Waals surface area contributed by atoms with Gasteiger partial charge in [-0.25, -0.2) is 13.1 Å². The summed E-state index contributed by atoms with van der Waals surface area (Å²) in [6.45, 7) is 6.77. The molecule has 0 saturated carbocycles. The summed E-state index contributed by atoms with van der Waals surface area (Å²) in [6.07, 6.45) is 3.38. The Kier molecular flexibility index (Phi) is 6.87. The van der Waals surface area contributed by atoms with Crippen LogP contribution in [0.3, 0.4) is 0 Å². The number of benzene rings is 2. The lowest BCUT2D eigenvalue weighted by molar-refractivity contribution is 0.0951. The van der Waals surface area contributed by atoms with Crippen molar-refractivity contribution >= 4 is 15.9 Å². The molecule has 31 heavy (non-hydrogen) atoms. The Morgan fingerprint density at radius 3 is 2.16 bits per heavy atom. The van der Waals surface area contributed by atoms with Gasteiger partial charge in [-0.05, 0) is 52.4 Å². The van der Waals surface area contributed by atoms with E-state index in [2.05, 4.69) is 35.8 Å². The third kappa shape index (κ3) is 6.23. The molecule has 0 atom stereocenters. The van der Waals surface area contributed by atoms with Gasteiger partial charge < -0.3 is 5.32 Å². The van der Waals surface area contributed by atoms with Crippen molar-refractivity contribution in [2.45, 2.75) is 44.2 Å². The molecule has 7 heteroatoms. The molecular formula is C24H27N3O3S. The van der Waals surface area contributed by atoms with Crippen LogP contribution in [-0.4, -0.2) is 19.3 Å². The standard InChI is InChI=1S/C24H27N3O3S/c1-24(2,3)21-10-12-22(13-11-21)31(29,30)27-17-18-6-8-20(9-7-18)23(28)26-16-19-5-4-14-25-15-19/h4-15,27H,16-17H2,1-3H3,(H,26,28). The van der Waals surface area contributed by atoms with Crippen molar-refractivity contribution in [3.63, 3.8) is 0 Å². The average Bonchev–Trinajstić information content (AvgIpc) is 2.77. The van der Waals surface area contributed by atoms with E-state index in [9.17, 15) is 13.2 Å². The van der Waals surface area contributed by atoms with Crippen LogP contribution in [0.1, 0.15) is 47.8 Å². The van der Waals surface area contributed by atoms with E-state index >= 15 is 0 Å². The SMILES string of the molecule is CC(C)(C)c1ccc(S(=O)(=O)NCc2ccc(C(=O)NCc3cccnc3)cc2)cc1. The number of rotatable bonds is 7. The third-order valence-electron chi connectivity index (χ3n) is 4.89. The molecule has 0 aliphatic heterocycles. The summed E-state index contributed by atoms with van der Waals surface area (Å²) in [5, 5.41) is 2.84. The summed E-state index contributed by atoms with van der Waals surface area (Å²) in [7, 11) is -3.62. The fraction of sp³-hybridized carbons (Fsp3) is 0.250. The number of hydrogen-bond acceptors (Lipinski definition) is 4. The first-order chi connectivity index (χ1) is 14.6. The molecule has 1 aromatic heterocycles. The first-order valence-corrected chi connectivity index (χ1v) is 11.5. The molecule has 0 aliphatic rings. The summed E-state index contributed by atoms with van der Waals surface area (Å²) in [4.78, 5) is 16.5. The van der Waals surface area contributed by atoms with E-state index in [0.717, 1.165) is 16.7 Å². The van der Waals surface area contributed by atoms with Gasteiger partial charge >= 0.3 is 0 Å². The Hall–Kier alpha value is -3.03. The first kappa shape index (κ1) is 22.7. The van der Waals surface area contributed by atoms with Crippen LogP contribution in [0.15, 0.2) is 78.0 Å². The molecule has 0 saturated heterocycles. The number of nitrogens with zero attached hydrogens (tertiary/aromatic N) is 1. The second kappa shape index (κ2) is 9.41. The molecule has 0 aliphatic carbocycles. The minimum absolute atomic E-state index is 0.0399. The molecule has 0 bridgehead atoms. The maximum absolute atomic E-state index is 12.6. The molecule has 6 nitrogen and oxygen atoms in total. The normalized spacial score (nSPS) is 11.8. The van der Waals surface area contributed by atoms with Crippen molar-refractivity contribution in [2.75, 3.05) is 0 Å². The minimum atomic E-state index is -3.62. The maximum Gasteiger partial charge on any atom is 0.251 e. The Balaban J connectivity index is 1.57. The Labute approximate surface area is 183 Å². The smallest absolute Gasteiger partial charge is 0.251 e. The Morgan fingerprint density at radius 1 is 0.903 bits per heavy atom. The molecule has 0 radical (unpaired) electrons. The van der Waals surface area contributed by atoms with Gasteiger partial charge in [0.15, 0.2) is 0 Å². The van der Waals surface area contributed by atoms with Crippen molar-refractivity contribution in [3.8, 4) is 0 Å². The second-order valence-corrected chi connectivity index (χ2v) is 10.1. The Morgan fingerprint density at radius 2 is 1.58 bits per heavy atom. The van der Waals surface area contributed by atoms with Crippen molar-refractivity contribution in [1.29, 1.82) is 0 Å². The first-order valence-electron chi connectivity index (χ1n) is 10.0. The number of aromatic nitrogens is 1. The molecule has 3 rings (SSSR count). The van der Waals surface area contributed by atoms with E-state index in [1.165, 1.54) is 0 Å². The van der Waals surface area contributed by atoms with Gasteiger partial charge in [-0.1, -0.05) is 51.1 Å². The van der Waals surface area contributed by atoms with E-state index in [-0.39, 0.29) is 22.8 Å². The van der Waals surface area contributed by atoms with Gasteiger partial charge in [-0.2, -0.15) is 0 Å². The monoisotopic (exact) mass is 437 g/mol. The number of pyridine rings is 1. The van der Waals surface area contributed by atoms with Gasteiger partial charge in [-0.15, -0.1) is 0 Å². The minimum Gasteiger partial charge on any atom is -0.348 e. The molecule has 2 N–H and O–H groups in total. The predicted octanol–water partition coefficient (Wildman–Crippen LogP) is 3.79. The fourth-order valence-electron chi connectivity index (χ4n) is 2.96. The highest BCUT2D eigenvalue weighted by molar-refractivity contribution is 7.89. The third-order valence-corrected chi connectivity index (χ3v) is 6.31. The summed E-state index contributed by atoms with van der Waals surface area (Å²) in [5.41, 5.74) is 3.22. The van der Waals surface area contributed by atoms with Crippen molar-refractivity contribution < 1.29 is 13.2 Å². The lowest BCUT2D eigenvalue weighted by atomic mass is 9.87. The lowest BCUT2D eigenvalue weighted by Gasteiger charge is -2.19. The zero-order valence-corrected chi connectivity index (χ0v) is 18.7. The van der Waals surface area contributed by atoms with Crippen LogP contribution < -0.4 is 10.0 Å². The van der Waals surface area contributed by atoms with Crippen LogP contribution >= 0.6 is 0 Å². The van der Waals surface area contributed by atoms with Crippen LogP contribution in [0.25, 0.3) is 0 Å². The fourth-order valence-corrected chi connectivity index (χ4v) is 3.97. The summed E-state index contributed by atoms with van der Waals surface area (Å²) < 4.78 is 27.8. The van der Waals surface area contributed by atoms with Gasteiger partial charge in [0.2, 0.25) is 10.0 Å². The van der Waals surface area contributed by atoms with Gasteiger partial charge in [0.25, 0.3) is 5.91 Å². The number of carbonyl (C=O) groups excluding carboxylic acids is 1. The summed E-state index contributed by atoms with van der Waals surface area (Å²) in [6, 6.07) is 17.5. The van der Waals surface area contributed by atoms with Crippen LogP contribution in [0.4, 0.5) is 0 Å². The zero-order valence-electron chi connectivity index (χ0n) is 17.9. The van der Waals surface area contributed by atoms with Crippen LogP contribution in [-0.2, 0) is 28.5 Å². The molecule has 0 fully saturated rings.